The van der Waals surface area contributed by atoms with E-state index in [4.69, 9.17) is 18.9 Å². The van der Waals surface area contributed by atoms with Crippen molar-refractivity contribution in [1.29, 1.82) is 0 Å². The van der Waals surface area contributed by atoms with Crippen molar-refractivity contribution >= 4 is 11.9 Å². The Morgan fingerprint density at radius 1 is 0.976 bits per heavy atom. The van der Waals surface area contributed by atoms with Crippen LogP contribution in [-0.4, -0.2) is 75.3 Å². The van der Waals surface area contributed by atoms with Crippen LogP contribution in [0.15, 0.2) is 0 Å². The molecule has 3 unspecified atom stereocenters. The second kappa shape index (κ2) is 7.68. The highest BCUT2D eigenvalue weighted by molar-refractivity contribution is 5.84. The normalized spacial score (nSPS) is 66.5. The van der Waals surface area contributed by atoms with Crippen LogP contribution in [-0.2, 0) is 28.5 Å². The van der Waals surface area contributed by atoms with Crippen LogP contribution in [0.4, 0.5) is 0 Å². The van der Waals surface area contributed by atoms with Crippen molar-refractivity contribution in [3.05, 3.63) is 0 Å². The Hall–Kier alpha value is -1.26. The highest BCUT2D eigenvalue weighted by Crippen LogP contribution is 2.79. The van der Waals surface area contributed by atoms with E-state index in [1.165, 1.54) is 6.92 Å². The molecule has 9 heteroatoms. The molecule has 8 rings (SSSR count). The lowest BCUT2D eigenvalue weighted by Gasteiger charge is -2.71. The summed E-state index contributed by atoms with van der Waals surface area (Å²) in [6, 6.07) is 0. The predicted octanol–water partition coefficient (Wildman–Crippen LogP) is 2.43. The molecule has 9 nitrogen and oxygen atoms in total. The van der Waals surface area contributed by atoms with Gasteiger partial charge >= 0.3 is 11.9 Å². The standard InChI is InChI=1S/C32H46O9/c1-12-8-17-23(13(2)26-32(40-26)30(17,6)31(7,37)27(36)41-32)29(5)20(38-14(3)33)11-16-21(22(12)29)18(34)9-15-10-19-24(39-19)25(35)28(15,16)4/h12-13,15-26,34-35,37H,8-11H2,1-7H3/t12-,13-,15-,16?,17?,18-,19-,20-,21?,22-,23-,24-,25-,26+,28-,29-,30-,31+,32-/m0/s1. The Morgan fingerprint density at radius 2 is 1.68 bits per heavy atom. The van der Waals surface area contributed by atoms with Gasteiger partial charge in [0.05, 0.1) is 23.7 Å². The van der Waals surface area contributed by atoms with Crippen molar-refractivity contribution in [1.82, 2.24) is 0 Å². The van der Waals surface area contributed by atoms with Crippen molar-refractivity contribution in [3.63, 3.8) is 0 Å². The number of hydrogen-bond donors (Lipinski definition) is 3. The van der Waals surface area contributed by atoms with Gasteiger partial charge in [0.15, 0.2) is 5.60 Å². The van der Waals surface area contributed by atoms with E-state index < -0.39 is 51.9 Å². The van der Waals surface area contributed by atoms with Crippen LogP contribution in [0.1, 0.15) is 74.1 Å². The molecule has 0 amide bonds. The number of esters is 2. The summed E-state index contributed by atoms with van der Waals surface area (Å²) < 4.78 is 24.4. The Morgan fingerprint density at radius 3 is 2.37 bits per heavy atom. The second-order valence-electron chi connectivity index (χ2n) is 16.2. The zero-order valence-corrected chi connectivity index (χ0v) is 25.2. The van der Waals surface area contributed by atoms with Gasteiger partial charge in [-0.25, -0.2) is 4.79 Å². The van der Waals surface area contributed by atoms with Crippen molar-refractivity contribution < 1.29 is 43.9 Å². The van der Waals surface area contributed by atoms with Crippen LogP contribution in [0.2, 0.25) is 0 Å². The first-order chi connectivity index (χ1) is 19.1. The molecule has 3 saturated heterocycles. The number of carbonyl (C=O) groups is 2. The fourth-order valence-electron chi connectivity index (χ4n) is 13.0. The van der Waals surface area contributed by atoms with Gasteiger partial charge < -0.3 is 34.3 Å². The highest BCUT2D eigenvalue weighted by Gasteiger charge is 2.90. The molecule has 41 heavy (non-hydrogen) atoms. The molecule has 3 aliphatic heterocycles. The van der Waals surface area contributed by atoms with E-state index in [1.54, 1.807) is 6.92 Å². The molecule has 8 aliphatic rings. The molecule has 228 valence electrons. The molecular weight excluding hydrogens is 528 g/mol. The Balaban J connectivity index is 1.28. The summed E-state index contributed by atoms with van der Waals surface area (Å²) >= 11 is 0. The number of carbonyl (C=O) groups excluding carboxylic acids is 2. The molecule has 5 aliphatic carbocycles. The number of aliphatic hydroxyl groups is 3. The SMILES string of the molecule is CC(=O)O[C@H]1CC2C([C@@H]3[C@@H](C)CC4[C@H]([C@H](C)[C@H]5O[C@]56OC(=O)[C@@](C)(O)[C@]46C)[C@@]13C)[C@@H](O)C[C@H]1C[C@@H]3O[C@@H]3[C@H](O)[C@]21C. The van der Waals surface area contributed by atoms with Gasteiger partial charge in [-0.3, -0.25) is 4.79 Å². The first-order valence-corrected chi connectivity index (χ1v) is 15.9. The summed E-state index contributed by atoms with van der Waals surface area (Å²) in [7, 11) is 0. The smallest absolute Gasteiger partial charge is 0.341 e. The third kappa shape index (κ3) is 2.80. The zero-order valence-electron chi connectivity index (χ0n) is 25.2. The minimum atomic E-state index is -1.72. The summed E-state index contributed by atoms with van der Waals surface area (Å²) in [5.74, 6) is -2.20. The Labute approximate surface area is 241 Å². The van der Waals surface area contributed by atoms with E-state index in [0.29, 0.717) is 12.8 Å². The van der Waals surface area contributed by atoms with Crippen LogP contribution in [0.3, 0.4) is 0 Å². The average Bonchev–Trinajstić information content (AvgIpc) is 3.79. The van der Waals surface area contributed by atoms with Gasteiger partial charge in [-0.1, -0.05) is 27.7 Å². The molecule has 19 atom stereocenters. The van der Waals surface area contributed by atoms with Gasteiger partial charge in [-0.05, 0) is 86.9 Å². The largest absolute Gasteiger partial charge is 0.462 e. The fraction of sp³-hybridized carbons (Fsp3) is 0.938. The Bertz CT molecular complexity index is 1220. The monoisotopic (exact) mass is 574 g/mol. The van der Waals surface area contributed by atoms with E-state index in [2.05, 4.69) is 27.7 Å². The average molecular weight is 575 g/mol. The first-order valence-electron chi connectivity index (χ1n) is 15.9. The van der Waals surface area contributed by atoms with Crippen LogP contribution >= 0.6 is 0 Å². The molecule has 1 spiro atoms. The van der Waals surface area contributed by atoms with Gasteiger partial charge in [0.25, 0.3) is 0 Å². The molecule has 3 N–H and O–H groups in total. The third-order valence-electron chi connectivity index (χ3n) is 15.0. The van der Waals surface area contributed by atoms with Crippen molar-refractivity contribution in [2.24, 2.45) is 63.6 Å². The number of epoxide rings is 2. The minimum Gasteiger partial charge on any atom is -0.462 e. The maximum absolute atomic E-state index is 13.1. The number of hydrogen-bond acceptors (Lipinski definition) is 9. The summed E-state index contributed by atoms with van der Waals surface area (Å²) in [5, 5.41) is 35.4. The second-order valence-corrected chi connectivity index (χ2v) is 16.2. The lowest BCUT2D eigenvalue weighted by atomic mass is 9.34. The topological polar surface area (TPSA) is 138 Å². The van der Waals surface area contributed by atoms with E-state index in [9.17, 15) is 24.9 Å². The lowest BCUT2D eigenvalue weighted by molar-refractivity contribution is -0.285. The van der Waals surface area contributed by atoms with E-state index in [-0.39, 0.29) is 71.6 Å². The number of ether oxygens (including phenoxy) is 4. The molecule has 0 bridgehead atoms. The van der Waals surface area contributed by atoms with Gasteiger partial charge in [-0.15, -0.1) is 0 Å². The first kappa shape index (κ1) is 27.3. The zero-order chi connectivity index (χ0) is 29.4. The lowest BCUT2D eigenvalue weighted by Crippen LogP contribution is -2.73. The summed E-state index contributed by atoms with van der Waals surface area (Å²) in [5.41, 5.74) is -3.70. The molecule has 0 aromatic heterocycles. The molecule has 3 heterocycles. The maximum Gasteiger partial charge on any atom is 0.341 e. The van der Waals surface area contributed by atoms with E-state index in [0.717, 1.165) is 12.8 Å². The van der Waals surface area contributed by atoms with Crippen molar-refractivity contribution in [3.8, 4) is 0 Å². The van der Waals surface area contributed by atoms with E-state index in [1.807, 2.05) is 6.92 Å². The molecular formula is C32H46O9. The predicted molar refractivity (Wildman–Crippen MR) is 143 cm³/mol. The number of rotatable bonds is 1. The molecule has 5 saturated carbocycles. The van der Waals surface area contributed by atoms with Crippen LogP contribution in [0.25, 0.3) is 0 Å². The molecule has 8 fully saturated rings. The highest BCUT2D eigenvalue weighted by atomic mass is 16.8. The molecule has 0 radical (unpaired) electrons. The maximum atomic E-state index is 13.1. The van der Waals surface area contributed by atoms with Gasteiger partial charge in [-0.2, -0.15) is 0 Å². The third-order valence-corrected chi connectivity index (χ3v) is 15.0. The molecule has 0 aromatic carbocycles. The van der Waals surface area contributed by atoms with Crippen LogP contribution in [0.5, 0.6) is 0 Å². The van der Waals surface area contributed by atoms with Gasteiger partial charge in [0.2, 0.25) is 5.79 Å². The number of aliphatic hydroxyl groups excluding tert-OH is 2. The van der Waals surface area contributed by atoms with Crippen molar-refractivity contribution in [2.45, 2.75) is 122 Å². The van der Waals surface area contributed by atoms with Crippen LogP contribution in [0, 0.1) is 63.6 Å². The summed E-state index contributed by atoms with van der Waals surface area (Å²) in [4.78, 5) is 25.9. The Kier molecular flexibility index (Phi) is 5.12. The van der Waals surface area contributed by atoms with E-state index >= 15 is 0 Å². The van der Waals surface area contributed by atoms with Crippen molar-refractivity contribution in [2.75, 3.05) is 0 Å². The number of fused-ring (bicyclic) bond motifs is 9. The fourth-order valence-corrected chi connectivity index (χ4v) is 13.0. The van der Waals surface area contributed by atoms with Crippen LogP contribution < -0.4 is 0 Å². The van der Waals surface area contributed by atoms with Gasteiger partial charge in [0.1, 0.15) is 18.3 Å². The summed E-state index contributed by atoms with van der Waals surface area (Å²) in [6.07, 6.45) is 0.729. The van der Waals surface area contributed by atoms with Gasteiger partial charge in [0, 0.05) is 17.8 Å². The summed E-state index contributed by atoms with van der Waals surface area (Å²) in [6.45, 7) is 13.8. The quantitative estimate of drug-likeness (QED) is 0.318. The minimum absolute atomic E-state index is 0.00458. The molecule has 0 aromatic rings.